The molecular weight excluding hydrogens is 915 g/mol. The van der Waals surface area contributed by atoms with Gasteiger partial charge < -0.3 is 4.90 Å². The quantitative estimate of drug-likeness (QED) is 0.139. The van der Waals surface area contributed by atoms with Crippen molar-refractivity contribution in [3.63, 3.8) is 0 Å². The molecule has 0 fully saturated rings. The van der Waals surface area contributed by atoms with E-state index in [1.54, 1.807) is 0 Å². The van der Waals surface area contributed by atoms with Crippen molar-refractivity contribution in [3.05, 3.63) is 376 Å². The van der Waals surface area contributed by atoms with Gasteiger partial charge >= 0.3 is 0 Å². The Morgan fingerprint density at radius 1 is 0.263 bits per heavy atom. The molecule has 358 valence electrons. The number of rotatable bonds is 9. The van der Waals surface area contributed by atoms with Gasteiger partial charge in [0.25, 0.3) is 0 Å². The zero-order valence-corrected chi connectivity index (χ0v) is 42.0. The lowest BCUT2D eigenvalue weighted by molar-refractivity contribution is 0.457. The van der Waals surface area contributed by atoms with E-state index in [-0.39, 0.29) is 11.8 Å². The first-order valence-electron chi connectivity index (χ1n) is 26.8. The van der Waals surface area contributed by atoms with Crippen molar-refractivity contribution in [1.82, 2.24) is 0 Å². The minimum Gasteiger partial charge on any atom is -0.310 e. The maximum Gasteiger partial charge on any atom is 0.0714 e. The second-order valence-electron chi connectivity index (χ2n) is 21.0. The highest BCUT2D eigenvalue weighted by Gasteiger charge is 2.54. The maximum atomic E-state index is 2.57. The summed E-state index contributed by atoms with van der Waals surface area (Å²) in [6, 6.07) is 108. The fraction of sp³-hybridized carbons (Fsp3) is 0.0667. The van der Waals surface area contributed by atoms with Gasteiger partial charge in [-0.2, -0.15) is 0 Å². The van der Waals surface area contributed by atoms with Crippen molar-refractivity contribution in [3.8, 4) is 22.3 Å². The van der Waals surface area contributed by atoms with Crippen LogP contribution in [0.15, 0.2) is 309 Å². The SMILES string of the molecule is C1=CC2c3ccc(N(c4ccc5c(c4)C(c4ccccc4)(c4ccccc4)c4ccccc4-5)c4ccc5c(c4)C(c4ccccc4)(c4ccccc4)c4ccccc4-5)cc3C(c3ccccc3)(c3ccccc3)C2C=C1. The molecule has 76 heavy (non-hydrogen) atoms. The van der Waals surface area contributed by atoms with Gasteiger partial charge in [-0.15, -0.1) is 0 Å². The summed E-state index contributed by atoms with van der Waals surface area (Å²) >= 11 is 0. The highest BCUT2D eigenvalue weighted by Crippen LogP contribution is 2.63. The van der Waals surface area contributed by atoms with E-state index in [0.717, 1.165) is 17.1 Å². The van der Waals surface area contributed by atoms with Crippen LogP contribution in [0.5, 0.6) is 0 Å². The van der Waals surface area contributed by atoms with Crippen LogP contribution in [-0.4, -0.2) is 0 Å². The Bertz CT molecular complexity index is 3740. The zero-order valence-electron chi connectivity index (χ0n) is 42.0. The zero-order chi connectivity index (χ0) is 50.3. The lowest BCUT2D eigenvalue weighted by Gasteiger charge is -2.39. The van der Waals surface area contributed by atoms with Gasteiger partial charge in [0.05, 0.1) is 16.2 Å². The number of hydrogen-bond acceptors (Lipinski definition) is 1. The second kappa shape index (κ2) is 17.4. The van der Waals surface area contributed by atoms with Crippen LogP contribution >= 0.6 is 0 Å². The Kier molecular flexibility index (Phi) is 10.1. The van der Waals surface area contributed by atoms with E-state index in [0.29, 0.717) is 0 Å². The van der Waals surface area contributed by atoms with Gasteiger partial charge in [0.15, 0.2) is 0 Å². The number of nitrogens with zero attached hydrogens (tertiary/aromatic N) is 1. The van der Waals surface area contributed by atoms with Gasteiger partial charge in [-0.3, -0.25) is 0 Å². The predicted octanol–water partition coefficient (Wildman–Crippen LogP) is 18.1. The van der Waals surface area contributed by atoms with Gasteiger partial charge in [0.1, 0.15) is 0 Å². The Balaban J connectivity index is 1.04. The Labute approximate surface area is 446 Å². The number of benzene rings is 11. The summed E-state index contributed by atoms with van der Waals surface area (Å²) in [6.45, 7) is 0. The van der Waals surface area contributed by atoms with E-state index in [1.165, 1.54) is 89.0 Å². The van der Waals surface area contributed by atoms with Gasteiger partial charge in [0.2, 0.25) is 0 Å². The van der Waals surface area contributed by atoms with E-state index in [9.17, 15) is 0 Å². The average molecular weight is 968 g/mol. The van der Waals surface area contributed by atoms with Crippen molar-refractivity contribution >= 4 is 17.1 Å². The molecular formula is C75H53N. The van der Waals surface area contributed by atoms with Crippen molar-refractivity contribution in [2.24, 2.45) is 5.92 Å². The number of allylic oxidation sites excluding steroid dienone is 4. The molecule has 1 heteroatoms. The summed E-state index contributed by atoms with van der Waals surface area (Å²) in [6.07, 6.45) is 9.42. The number of fused-ring (bicyclic) bond motifs is 9. The fourth-order valence-electron chi connectivity index (χ4n) is 14.7. The minimum atomic E-state index is -0.576. The van der Waals surface area contributed by atoms with Crippen LogP contribution in [0, 0.1) is 5.92 Å². The lowest BCUT2D eigenvalue weighted by atomic mass is 9.63. The average Bonchev–Trinajstić information content (AvgIpc) is 4.27. The van der Waals surface area contributed by atoms with Crippen molar-refractivity contribution in [1.29, 1.82) is 0 Å². The highest BCUT2D eigenvalue weighted by atomic mass is 15.1. The van der Waals surface area contributed by atoms with E-state index >= 15 is 0 Å². The molecule has 15 rings (SSSR count). The third-order valence-corrected chi connectivity index (χ3v) is 17.6. The van der Waals surface area contributed by atoms with Crippen LogP contribution in [0.3, 0.4) is 0 Å². The van der Waals surface area contributed by atoms with Crippen LogP contribution < -0.4 is 4.90 Å². The third-order valence-electron chi connectivity index (χ3n) is 17.6. The Morgan fingerprint density at radius 3 is 1.01 bits per heavy atom. The summed E-state index contributed by atoms with van der Waals surface area (Å²) in [5.41, 5.74) is 22.2. The molecule has 0 spiro atoms. The van der Waals surface area contributed by atoms with Gasteiger partial charge in [-0.05, 0) is 125 Å². The number of hydrogen-bond donors (Lipinski definition) is 0. The summed E-state index contributed by atoms with van der Waals surface area (Å²) in [7, 11) is 0. The lowest BCUT2D eigenvalue weighted by Crippen LogP contribution is -2.35. The molecule has 1 nitrogen and oxygen atoms in total. The van der Waals surface area contributed by atoms with E-state index in [2.05, 4.69) is 314 Å². The van der Waals surface area contributed by atoms with Crippen molar-refractivity contribution in [2.45, 2.75) is 22.2 Å². The molecule has 0 radical (unpaired) electrons. The molecule has 2 atom stereocenters. The van der Waals surface area contributed by atoms with Gasteiger partial charge in [0, 0.05) is 28.9 Å². The highest BCUT2D eigenvalue weighted by molar-refractivity contribution is 5.92. The maximum absolute atomic E-state index is 2.57. The molecule has 0 bridgehead atoms. The summed E-state index contributed by atoms with van der Waals surface area (Å²) in [5, 5.41) is 0. The molecule has 0 heterocycles. The Morgan fingerprint density at radius 2 is 0.592 bits per heavy atom. The van der Waals surface area contributed by atoms with Crippen LogP contribution in [0.4, 0.5) is 17.1 Å². The van der Waals surface area contributed by atoms with Crippen molar-refractivity contribution in [2.75, 3.05) is 4.90 Å². The van der Waals surface area contributed by atoms with Gasteiger partial charge in [-0.1, -0.05) is 273 Å². The second-order valence-corrected chi connectivity index (χ2v) is 21.0. The van der Waals surface area contributed by atoms with Crippen LogP contribution in [0.1, 0.15) is 72.7 Å². The molecule has 4 aliphatic carbocycles. The first-order valence-corrected chi connectivity index (χ1v) is 26.8. The smallest absolute Gasteiger partial charge is 0.0714 e. The Hall–Kier alpha value is -9.30. The van der Waals surface area contributed by atoms with E-state index < -0.39 is 16.2 Å². The van der Waals surface area contributed by atoms with Gasteiger partial charge in [-0.25, -0.2) is 0 Å². The van der Waals surface area contributed by atoms with E-state index in [4.69, 9.17) is 0 Å². The molecule has 2 unspecified atom stereocenters. The number of anilines is 3. The molecule has 0 amide bonds. The predicted molar refractivity (Wildman–Crippen MR) is 313 cm³/mol. The minimum absolute atomic E-state index is 0.174. The normalized spacial score (nSPS) is 17.2. The third kappa shape index (κ3) is 6.14. The van der Waals surface area contributed by atoms with Crippen LogP contribution in [0.25, 0.3) is 22.3 Å². The molecule has 11 aromatic carbocycles. The summed E-state index contributed by atoms with van der Waals surface area (Å²) in [4.78, 5) is 2.57. The molecule has 0 N–H and O–H groups in total. The molecule has 4 aliphatic rings. The van der Waals surface area contributed by atoms with Crippen molar-refractivity contribution < 1.29 is 0 Å². The summed E-state index contributed by atoms with van der Waals surface area (Å²) < 4.78 is 0. The summed E-state index contributed by atoms with van der Waals surface area (Å²) in [5.74, 6) is 0.377. The molecule has 0 saturated heterocycles. The largest absolute Gasteiger partial charge is 0.310 e. The molecule has 0 saturated carbocycles. The van der Waals surface area contributed by atoms with Crippen LogP contribution in [0.2, 0.25) is 0 Å². The molecule has 0 aliphatic heterocycles. The van der Waals surface area contributed by atoms with E-state index in [1.807, 2.05) is 0 Å². The molecule has 0 aromatic heterocycles. The topological polar surface area (TPSA) is 3.24 Å². The van der Waals surface area contributed by atoms with Crippen LogP contribution in [-0.2, 0) is 16.2 Å². The first-order chi connectivity index (χ1) is 37.7. The molecule has 11 aromatic rings. The standard InChI is InChI=1S/C75H53N/c1-7-25-52(26-8-1)73(53-27-9-2-10-28-53)67-40-22-19-37-61(67)64-46-43-58(49-70(64)73)76(59-44-47-65-62-38-20-23-41-68(62)74(71(65)50-59,54-29-11-3-12-30-54)55-31-13-4-14-32-55)60-45-48-66-63-39-21-24-42-69(63)75(72(66)51-60,56-33-15-5-16-34-56)57-35-17-6-18-36-57/h1-51,61,67H. The fourth-order valence-corrected chi connectivity index (χ4v) is 14.7. The monoisotopic (exact) mass is 967 g/mol. The first kappa shape index (κ1) is 44.2.